The second-order valence-corrected chi connectivity index (χ2v) is 15.0. The van der Waals surface area contributed by atoms with E-state index in [0.717, 1.165) is 32.4 Å². The number of ether oxygens (including phenoxy) is 1. The Morgan fingerprint density at radius 3 is 2.24 bits per heavy atom. The molecule has 2 fully saturated rings. The first kappa shape index (κ1) is 24.9. The number of carbonyl (C=O) groups excluding carboxylic acids is 1. The number of carbonyl (C=O) groups is 1. The lowest BCUT2D eigenvalue weighted by atomic mass is 9.95. The number of rotatable bonds is 8. The van der Waals surface area contributed by atoms with Crippen molar-refractivity contribution < 1.29 is 14.0 Å². The molecule has 2 aliphatic heterocycles. The molecular formula is C29H39NO3Si. The summed E-state index contributed by atoms with van der Waals surface area (Å²) < 4.78 is 12.5. The molecule has 2 aromatic rings. The predicted molar refractivity (Wildman–Crippen MR) is 141 cm³/mol. The summed E-state index contributed by atoms with van der Waals surface area (Å²) in [4.78, 5) is 14.5. The van der Waals surface area contributed by atoms with Crippen LogP contribution >= 0.6 is 0 Å². The third kappa shape index (κ3) is 4.66. The van der Waals surface area contributed by atoms with E-state index in [-0.39, 0.29) is 22.6 Å². The number of hydrogen-bond donors (Lipinski definition) is 0. The van der Waals surface area contributed by atoms with Crippen LogP contribution in [0.5, 0.6) is 0 Å². The van der Waals surface area contributed by atoms with Gasteiger partial charge in [0.1, 0.15) is 0 Å². The van der Waals surface area contributed by atoms with E-state index in [1.807, 2.05) is 13.0 Å². The maximum absolute atomic E-state index is 11.9. The molecule has 4 rings (SSSR count). The van der Waals surface area contributed by atoms with E-state index in [1.165, 1.54) is 16.8 Å². The number of fused-ring (bicyclic) bond motifs is 1. The maximum atomic E-state index is 11.9. The molecule has 5 heteroatoms. The van der Waals surface area contributed by atoms with Gasteiger partial charge in [-0.05, 0) is 54.6 Å². The minimum atomic E-state index is -2.57. The average molecular weight is 478 g/mol. The van der Waals surface area contributed by atoms with Gasteiger partial charge in [-0.15, -0.1) is 0 Å². The molecule has 0 spiro atoms. The van der Waals surface area contributed by atoms with Gasteiger partial charge in [-0.2, -0.15) is 0 Å². The molecule has 0 amide bonds. The minimum Gasteiger partial charge on any atom is -0.463 e. The molecule has 2 aliphatic rings. The SMILES string of the molecule is CCOC(=O)/C=C/[C@@H]1CC[C@]2(CO[Si](c3ccccc3)(c3ccccc3)C(C)(C)C)CCCN12. The fraction of sp³-hybridized carbons (Fsp3) is 0.483. The third-order valence-corrected chi connectivity index (χ3v) is 12.7. The molecule has 0 aliphatic carbocycles. The molecule has 34 heavy (non-hydrogen) atoms. The summed E-state index contributed by atoms with van der Waals surface area (Å²) in [6.07, 6.45) is 8.14. The zero-order valence-electron chi connectivity index (χ0n) is 21.1. The summed E-state index contributed by atoms with van der Waals surface area (Å²) in [5.41, 5.74) is 0.0384. The predicted octanol–water partition coefficient (Wildman–Crippen LogP) is 4.68. The van der Waals surface area contributed by atoms with Crippen LogP contribution < -0.4 is 10.4 Å². The molecule has 0 N–H and O–H groups in total. The van der Waals surface area contributed by atoms with Gasteiger partial charge in [0.15, 0.2) is 0 Å². The van der Waals surface area contributed by atoms with Crippen LogP contribution in [0, 0.1) is 0 Å². The second kappa shape index (κ2) is 10.2. The maximum Gasteiger partial charge on any atom is 0.330 e. The molecule has 0 bridgehead atoms. The van der Waals surface area contributed by atoms with E-state index in [2.05, 4.69) is 86.3 Å². The highest BCUT2D eigenvalue weighted by Crippen LogP contribution is 2.45. The van der Waals surface area contributed by atoms with Gasteiger partial charge in [-0.1, -0.05) is 87.5 Å². The van der Waals surface area contributed by atoms with Crippen molar-refractivity contribution in [2.45, 2.75) is 70.0 Å². The van der Waals surface area contributed by atoms with Crippen LogP contribution in [0.15, 0.2) is 72.8 Å². The van der Waals surface area contributed by atoms with E-state index in [9.17, 15) is 4.79 Å². The molecule has 2 saturated heterocycles. The van der Waals surface area contributed by atoms with Gasteiger partial charge in [0.2, 0.25) is 0 Å². The van der Waals surface area contributed by atoms with Crippen molar-refractivity contribution in [2.75, 3.05) is 19.8 Å². The topological polar surface area (TPSA) is 38.8 Å². The summed E-state index contributed by atoms with van der Waals surface area (Å²) in [5.74, 6) is -0.247. The third-order valence-electron chi connectivity index (χ3n) is 7.67. The summed E-state index contributed by atoms with van der Waals surface area (Å²) in [6, 6.07) is 22.0. The standard InChI is InChI=1S/C29H39NO3Si/c1-5-32-27(31)18-17-24-19-21-29(20-12-22-30(24)29)23-33-34(28(2,3)4,25-13-8-6-9-14-25)26-15-10-7-11-16-26/h6-11,13-18,24H,5,12,19-23H2,1-4H3/b18-17+/t24-,29+/m1/s1. The van der Waals surface area contributed by atoms with Crippen LogP contribution in [0.3, 0.4) is 0 Å². The smallest absolute Gasteiger partial charge is 0.330 e. The van der Waals surface area contributed by atoms with E-state index in [4.69, 9.17) is 9.16 Å². The first-order valence-electron chi connectivity index (χ1n) is 12.7. The Morgan fingerprint density at radius 1 is 1.06 bits per heavy atom. The lowest BCUT2D eigenvalue weighted by Crippen LogP contribution is -2.68. The normalized spacial score (nSPS) is 23.4. The van der Waals surface area contributed by atoms with Gasteiger partial charge in [-0.25, -0.2) is 4.79 Å². The molecule has 182 valence electrons. The largest absolute Gasteiger partial charge is 0.463 e. The molecule has 0 aromatic heterocycles. The number of esters is 1. The molecule has 0 radical (unpaired) electrons. The highest BCUT2D eigenvalue weighted by atomic mass is 28.4. The fourth-order valence-corrected chi connectivity index (χ4v) is 10.8. The Morgan fingerprint density at radius 2 is 1.68 bits per heavy atom. The molecule has 2 aromatic carbocycles. The Kier molecular flexibility index (Phi) is 7.46. The van der Waals surface area contributed by atoms with Crippen molar-refractivity contribution >= 4 is 24.7 Å². The molecule has 0 unspecified atom stereocenters. The van der Waals surface area contributed by atoms with Crippen molar-refractivity contribution in [2.24, 2.45) is 0 Å². The summed E-state index contributed by atoms with van der Waals surface area (Å²) in [5, 5.41) is 2.62. The first-order valence-corrected chi connectivity index (χ1v) is 14.6. The number of benzene rings is 2. The Balaban J connectivity index is 1.65. The van der Waals surface area contributed by atoms with Gasteiger partial charge in [-0.3, -0.25) is 4.90 Å². The zero-order chi connectivity index (χ0) is 24.2. The van der Waals surface area contributed by atoms with Crippen LogP contribution in [-0.2, 0) is 14.0 Å². The van der Waals surface area contributed by atoms with Crippen LogP contribution in [0.25, 0.3) is 0 Å². The van der Waals surface area contributed by atoms with E-state index in [0.29, 0.717) is 6.61 Å². The van der Waals surface area contributed by atoms with E-state index in [1.54, 1.807) is 6.08 Å². The van der Waals surface area contributed by atoms with Crippen molar-refractivity contribution in [1.29, 1.82) is 0 Å². The lowest BCUT2D eigenvalue weighted by Gasteiger charge is -2.46. The van der Waals surface area contributed by atoms with Gasteiger partial charge < -0.3 is 9.16 Å². The lowest BCUT2D eigenvalue weighted by molar-refractivity contribution is -0.137. The molecular weight excluding hydrogens is 438 g/mol. The average Bonchev–Trinajstić information content (AvgIpc) is 3.38. The highest BCUT2D eigenvalue weighted by Gasteiger charge is 2.54. The Labute approximate surface area is 206 Å². The zero-order valence-corrected chi connectivity index (χ0v) is 22.1. The summed E-state index contributed by atoms with van der Waals surface area (Å²) in [6.45, 7) is 11.0. The monoisotopic (exact) mass is 477 g/mol. The van der Waals surface area contributed by atoms with Crippen molar-refractivity contribution in [3.05, 3.63) is 72.8 Å². The quantitative estimate of drug-likeness (QED) is 0.314. The molecule has 2 heterocycles. The Bertz CT molecular complexity index is 946. The van der Waals surface area contributed by atoms with Crippen LogP contribution in [-0.4, -0.2) is 50.5 Å². The number of hydrogen-bond acceptors (Lipinski definition) is 4. The molecule has 0 saturated carbocycles. The van der Waals surface area contributed by atoms with Crippen LogP contribution in [0.1, 0.15) is 53.4 Å². The van der Waals surface area contributed by atoms with E-state index < -0.39 is 8.32 Å². The van der Waals surface area contributed by atoms with Gasteiger partial charge in [0.05, 0.1) is 13.2 Å². The van der Waals surface area contributed by atoms with Gasteiger partial charge in [0, 0.05) is 17.7 Å². The van der Waals surface area contributed by atoms with Crippen molar-refractivity contribution in [1.82, 2.24) is 4.90 Å². The van der Waals surface area contributed by atoms with Crippen molar-refractivity contribution in [3.8, 4) is 0 Å². The fourth-order valence-electron chi connectivity index (χ4n) is 6.13. The molecule has 4 nitrogen and oxygen atoms in total. The van der Waals surface area contributed by atoms with Gasteiger partial charge >= 0.3 is 5.97 Å². The number of nitrogens with zero attached hydrogens (tertiary/aromatic N) is 1. The second-order valence-electron chi connectivity index (χ2n) is 10.7. The Hall–Kier alpha value is -2.21. The summed E-state index contributed by atoms with van der Waals surface area (Å²) >= 11 is 0. The van der Waals surface area contributed by atoms with Crippen LogP contribution in [0.4, 0.5) is 0 Å². The van der Waals surface area contributed by atoms with Crippen LogP contribution in [0.2, 0.25) is 5.04 Å². The minimum absolute atomic E-state index is 0.0302. The molecule has 2 atom stereocenters. The van der Waals surface area contributed by atoms with E-state index >= 15 is 0 Å². The summed E-state index contributed by atoms with van der Waals surface area (Å²) in [7, 11) is -2.57. The van der Waals surface area contributed by atoms with Crippen molar-refractivity contribution in [3.63, 3.8) is 0 Å². The highest BCUT2D eigenvalue weighted by molar-refractivity contribution is 6.99. The first-order chi connectivity index (χ1) is 16.3. The van der Waals surface area contributed by atoms with Gasteiger partial charge in [0.25, 0.3) is 8.32 Å².